The molecule has 0 bridgehead atoms. The van der Waals surface area contributed by atoms with E-state index in [1.807, 2.05) is 39.4 Å². The van der Waals surface area contributed by atoms with Gasteiger partial charge in [-0.25, -0.2) is 0 Å². The summed E-state index contributed by atoms with van der Waals surface area (Å²) >= 11 is 1.50. The molecule has 3 heterocycles. The summed E-state index contributed by atoms with van der Waals surface area (Å²) in [7, 11) is 0. The van der Waals surface area contributed by atoms with Gasteiger partial charge < -0.3 is 9.64 Å². The Morgan fingerprint density at radius 3 is 2.91 bits per heavy atom. The molecule has 122 valence electrons. The minimum atomic E-state index is 0.113. The lowest BCUT2D eigenvalue weighted by Gasteiger charge is -2.23. The molecular weight excluding hydrogens is 310 g/mol. The van der Waals surface area contributed by atoms with Crippen LogP contribution in [-0.2, 0) is 17.8 Å². The number of thiophene rings is 1. The molecule has 0 spiro atoms. The second-order valence-corrected chi connectivity index (χ2v) is 7.46. The molecule has 1 unspecified atom stereocenters. The molecule has 0 saturated heterocycles. The van der Waals surface area contributed by atoms with Crippen LogP contribution in [0, 0.1) is 11.8 Å². The number of nitrogens with zero attached hydrogens (tertiary/aromatic N) is 3. The number of aromatic nitrogens is 2. The van der Waals surface area contributed by atoms with Crippen molar-refractivity contribution >= 4 is 17.2 Å². The molecule has 1 saturated carbocycles. The van der Waals surface area contributed by atoms with E-state index in [9.17, 15) is 4.79 Å². The summed E-state index contributed by atoms with van der Waals surface area (Å²) in [5.74, 6) is 1.17. The maximum absolute atomic E-state index is 12.7. The number of amides is 1. The first-order valence-corrected chi connectivity index (χ1v) is 9.09. The Balaban J connectivity index is 1.48. The van der Waals surface area contributed by atoms with Crippen LogP contribution < -0.4 is 0 Å². The summed E-state index contributed by atoms with van der Waals surface area (Å²) in [5, 5.41) is 6.35. The number of hydrogen-bond donors (Lipinski definition) is 0. The predicted molar refractivity (Wildman–Crippen MR) is 88.3 cm³/mol. The van der Waals surface area contributed by atoms with Gasteiger partial charge in [-0.1, -0.05) is 6.07 Å². The minimum absolute atomic E-state index is 0.113. The van der Waals surface area contributed by atoms with E-state index >= 15 is 0 Å². The van der Waals surface area contributed by atoms with E-state index in [1.54, 1.807) is 0 Å². The summed E-state index contributed by atoms with van der Waals surface area (Å²) < 4.78 is 7.91. The monoisotopic (exact) mass is 331 g/mol. The maximum Gasteiger partial charge on any atom is 0.264 e. The third-order valence-corrected chi connectivity index (χ3v) is 5.35. The molecule has 2 aliphatic rings. The molecule has 1 atom stereocenters. The molecule has 23 heavy (non-hydrogen) atoms. The van der Waals surface area contributed by atoms with Gasteiger partial charge in [-0.3, -0.25) is 9.48 Å². The second-order valence-electron chi connectivity index (χ2n) is 6.51. The van der Waals surface area contributed by atoms with Gasteiger partial charge in [0.1, 0.15) is 0 Å². The molecule has 1 amide bonds. The van der Waals surface area contributed by atoms with Gasteiger partial charge in [0, 0.05) is 31.8 Å². The first-order valence-electron chi connectivity index (χ1n) is 8.21. The van der Waals surface area contributed by atoms with Crippen LogP contribution in [0.15, 0.2) is 29.8 Å². The van der Waals surface area contributed by atoms with Gasteiger partial charge in [0.2, 0.25) is 0 Å². The lowest BCUT2D eigenvalue weighted by Crippen LogP contribution is -2.35. The lowest BCUT2D eigenvalue weighted by atomic mass is 10.1. The van der Waals surface area contributed by atoms with Crippen LogP contribution >= 0.6 is 11.3 Å². The van der Waals surface area contributed by atoms with Crippen molar-refractivity contribution in [3.8, 4) is 0 Å². The van der Waals surface area contributed by atoms with Gasteiger partial charge in [-0.15, -0.1) is 11.3 Å². The average Bonchev–Trinajstić information content (AvgIpc) is 3.07. The van der Waals surface area contributed by atoms with Crippen molar-refractivity contribution in [3.63, 3.8) is 0 Å². The third kappa shape index (κ3) is 3.48. The minimum Gasteiger partial charge on any atom is -0.381 e. The van der Waals surface area contributed by atoms with E-state index in [0.717, 1.165) is 36.2 Å². The van der Waals surface area contributed by atoms with E-state index in [0.29, 0.717) is 19.1 Å². The zero-order valence-electron chi connectivity index (χ0n) is 13.1. The van der Waals surface area contributed by atoms with Gasteiger partial charge in [-0.05, 0) is 36.3 Å². The third-order valence-electron chi connectivity index (χ3n) is 4.49. The van der Waals surface area contributed by atoms with E-state index in [-0.39, 0.29) is 5.91 Å². The molecule has 1 aliphatic carbocycles. The van der Waals surface area contributed by atoms with Crippen LogP contribution in [0.2, 0.25) is 0 Å². The second kappa shape index (κ2) is 6.45. The molecule has 5 nitrogen and oxygen atoms in total. The van der Waals surface area contributed by atoms with Crippen molar-refractivity contribution in [1.82, 2.24) is 14.7 Å². The SMILES string of the molecule is O=C(c1cccs1)N1Cc2ccnn2CC(COCC2CC2)C1. The zero-order chi connectivity index (χ0) is 15.6. The van der Waals surface area contributed by atoms with Crippen molar-refractivity contribution in [2.75, 3.05) is 19.8 Å². The summed E-state index contributed by atoms with van der Waals surface area (Å²) in [6.07, 6.45) is 4.42. The highest BCUT2D eigenvalue weighted by molar-refractivity contribution is 7.12. The maximum atomic E-state index is 12.7. The van der Waals surface area contributed by atoms with Crippen LogP contribution in [0.4, 0.5) is 0 Å². The first kappa shape index (κ1) is 14.9. The number of hydrogen-bond acceptors (Lipinski definition) is 4. The largest absolute Gasteiger partial charge is 0.381 e. The number of fused-ring (bicyclic) bond motifs is 1. The Hall–Kier alpha value is -1.66. The standard InChI is InChI=1S/C17H21N3O2S/c21-17(16-2-1-7-23-16)19-8-14(12-22-11-13-3-4-13)9-20-15(10-19)5-6-18-20/h1-2,5-7,13-14H,3-4,8-12H2. The zero-order valence-corrected chi connectivity index (χ0v) is 13.9. The van der Waals surface area contributed by atoms with Crippen LogP contribution in [0.3, 0.4) is 0 Å². The van der Waals surface area contributed by atoms with Crippen molar-refractivity contribution in [2.24, 2.45) is 11.8 Å². The molecule has 0 N–H and O–H groups in total. The van der Waals surface area contributed by atoms with E-state index in [2.05, 4.69) is 5.10 Å². The van der Waals surface area contributed by atoms with Crippen LogP contribution in [0.25, 0.3) is 0 Å². The smallest absolute Gasteiger partial charge is 0.264 e. The van der Waals surface area contributed by atoms with E-state index in [1.165, 1.54) is 24.2 Å². The fourth-order valence-corrected chi connectivity index (χ4v) is 3.73. The predicted octanol–water partition coefficient (Wildman–Crippen LogP) is 2.64. The average molecular weight is 331 g/mol. The summed E-state index contributed by atoms with van der Waals surface area (Å²) in [6.45, 7) is 3.73. The highest BCUT2D eigenvalue weighted by atomic mass is 32.1. The van der Waals surface area contributed by atoms with E-state index in [4.69, 9.17) is 4.74 Å². The van der Waals surface area contributed by atoms with Crippen molar-refractivity contribution in [3.05, 3.63) is 40.3 Å². The number of carbonyl (C=O) groups is 1. The van der Waals surface area contributed by atoms with Gasteiger partial charge in [0.25, 0.3) is 5.91 Å². The first-order chi connectivity index (χ1) is 11.3. The molecule has 2 aromatic rings. The fourth-order valence-electron chi connectivity index (χ4n) is 3.03. The number of ether oxygens (including phenoxy) is 1. The van der Waals surface area contributed by atoms with Crippen molar-refractivity contribution < 1.29 is 9.53 Å². The highest BCUT2D eigenvalue weighted by Crippen LogP contribution is 2.29. The molecular formula is C17H21N3O2S. The summed E-state index contributed by atoms with van der Waals surface area (Å²) in [6, 6.07) is 5.83. The number of carbonyl (C=O) groups excluding carboxylic acids is 1. The quantitative estimate of drug-likeness (QED) is 0.846. The van der Waals surface area contributed by atoms with Gasteiger partial charge >= 0.3 is 0 Å². The Labute approximate surface area is 139 Å². The van der Waals surface area contributed by atoms with Crippen molar-refractivity contribution in [2.45, 2.75) is 25.9 Å². The fraction of sp³-hybridized carbons (Fsp3) is 0.529. The van der Waals surface area contributed by atoms with Gasteiger partial charge in [-0.2, -0.15) is 5.10 Å². The summed E-state index contributed by atoms with van der Waals surface area (Å²) in [5.41, 5.74) is 1.10. The Bertz CT molecular complexity index is 663. The summed E-state index contributed by atoms with van der Waals surface area (Å²) in [4.78, 5) is 15.5. The molecule has 0 radical (unpaired) electrons. The highest BCUT2D eigenvalue weighted by Gasteiger charge is 2.28. The lowest BCUT2D eigenvalue weighted by molar-refractivity contribution is 0.0571. The van der Waals surface area contributed by atoms with Crippen LogP contribution in [-0.4, -0.2) is 40.3 Å². The van der Waals surface area contributed by atoms with Gasteiger partial charge in [0.15, 0.2) is 0 Å². The Morgan fingerprint density at radius 1 is 1.26 bits per heavy atom. The van der Waals surface area contributed by atoms with Crippen molar-refractivity contribution in [1.29, 1.82) is 0 Å². The van der Waals surface area contributed by atoms with Gasteiger partial charge in [0.05, 0.1) is 23.7 Å². The molecule has 2 aromatic heterocycles. The molecule has 1 fully saturated rings. The molecule has 4 rings (SSSR count). The Morgan fingerprint density at radius 2 is 2.13 bits per heavy atom. The normalized spacial score (nSPS) is 21.0. The molecule has 0 aromatic carbocycles. The van der Waals surface area contributed by atoms with E-state index < -0.39 is 0 Å². The van der Waals surface area contributed by atoms with Crippen LogP contribution in [0.5, 0.6) is 0 Å². The Kier molecular flexibility index (Phi) is 4.18. The topological polar surface area (TPSA) is 47.4 Å². The van der Waals surface area contributed by atoms with Crippen LogP contribution in [0.1, 0.15) is 28.2 Å². The number of rotatable bonds is 5. The molecule has 6 heteroatoms. The molecule has 1 aliphatic heterocycles.